The molecule has 0 atom stereocenters. The summed E-state index contributed by atoms with van der Waals surface area (Å²) in [5, 5.41) is 0.984. The lowest BCUT2D eigenvalue weighted by molar-refractivity contribution is 0.101. The van der Waals surface area contributed by atoms with Gasteiger partial charge in [0.05, 0.1) is 19.8 Å². The minimum absolute atomic E-state index is 0.152. The number of para-hydroxylation sites is 1. The van der Waals surface area contributed by atoms with Crippen molar-refractivity contribution in [3.8, 4) is 23.0 Å². The van der Waals surface area contributed by atoms with Crippen LogP contribution in [0.1, 0.15) is 21.5 Å². The van der Waals surface area contributed by atoms with Crippen molar-refractivity contribution in [2.24, 2.45) is 7.05 Å². The smallest absolute Gasteiger partial charge is 0.231 e. The van der Waals surface area contributed by atoms with Crippen LogP contribution >= 0.6 is 0 Å². The lowest BCUT2D eigenvalue weighted by Crippen LogP contribution is -1.99. The van der Waals surface area contributed by atoms with Crippen LogP contribution in [0.5, 0.6) is 23.0 Å². The summed E-state index contributed by atoms with van der Waals surface area (Å²) >= 11 is 0. The molecule has 0 bridgehead atoms. The van der Waals surface area contributed by atoms with E-state index < -0.39 is 0 Å². The number of nitrogens with zero attached hydrogens (tertiary/aromatic N) is 1. The number of allylic oxidation sites excluding steroid dienone is 1. The number of rotatable bonds is 6. The van der Waals surface area contributed by atoms with Crippen LogP contribution in [0.4, 0.5) is 0 Å². The van der Waals surface area contributed by atoms with E-state index in [9.17, 15) is 4.79 Å². The Bertz CT molecular complexity index is 1400. The summed E-state index contributed by atoms with van der Waals surface area (Å²) in [6.07, 6.45) is 3.75. The van der Waals surface area contributed by atoms with Crippen molar-refractivity contribution >= 4 is 22.8 Å². The van der Waals surface area contributed by atoms with Crippen molar-refractivity contribution in [2.75, 3.05) is 14.2 Å². The zero-order valence-electron chi connectivity index (χ0n) is 18.6. The van der Waals surface area contributed by atoms with Crippen molar-refractivity contribution in [3.05, 3.63) is 89.3 Å². The predicted molar refractivity (Wildman–Crippen MR) is 126 cm³/mol. The molecule has 2 heterocycles. The molecule has 4 aromatic rings. The molecule has 0 saturated carbocycles. The molecule has 6 nitrogen and oxygen atoms in total. The summed E-state index contributed by atoms with van der Waals surface area (Å²) in [4.78, 5) is 13.0. The SMILES string of the molecule is COc1ccc2c(c1)c(/C=C1/Oc3cc(OCc4ccccc4OC)ccc3C1=O)cn2C. The maximum atomic E-state index is 13.0. The molecule has 0 aliphatic carbocycles. The molecule has 0 saturated heterocycles. The number of benzene rings is 3. The lowest BCUT2D eigenvalue weighted by atomic mass is 10.1. The van der Waals surface area contributed by atoms with E-state index >= 15 is 0 Å². The van der Waals surface area contributed by atoms with Gasteiger partial charge in [0.15, 0.2) is 5.76 Å². The van der Waals surface area contributed by atoms with Gasteiger partial charge in [0.25, 0.3) is 0 Å². The fourth-order valence-electron chi connectivity index (χ4n) is 4.03. The zero-order chi connectivity index (χ0) is 22.9. The first-order chi connectivity index (χ1) is 16.1. The third-order valence-corrected chi connectivity index (χ3v) is 5.74. The Kier molecular flexibility index (Phi) is 5.26. The average molecular weight is 441 g/mol. The highest BCUT2D eigenvalue weighted by atomic mass is 16.5. The summed E-state index contributed by atoms with van der Waals surface area (Å²) in [7, 11) is 5.23. The van der Waals surface area contributed by atoms with Gasteiger partial charge in [0.2, 0.25) is 5.78 Å². The Morgan fingerprint density at radius 3 is 2.61 bits per heavy atom. The number of hydrogen-bond donors (Lipinski definition) is 0. The normalized spacial score (nSPS) is 13.8. The monoisotopic (exact) mass is 441 g/mol. The molecule has 0 unspecified atom stereocenters. The van der Waals surface area contributed by atoms with E-state index in [0.717, 1.165) is 33.5 Å². The van der Waals surface area contributed by atoms with Crippen molar-refractivity contribution in [1.29, 1.82) is 0 Å². The summed E-state index contributed by atoms with van der Waals surface area (Å²) in [5.74, 6) is 2.75. The topological polar surface area (TPSA) is 58.9 Å². The second kappa shape index (κ2) is 8.39. The van der Waals surface area contributed by atoms with E-state index in [-0.39, 0.29) is 11.5 Å². The van der Waals surface area contributed by atoms with E-state index in [4.69, 9.17) is 18.9 Å². The van der Waals surface area contributed by atoms with Crippen LogP contribution in [0, 0.1) is 0 Å². The highest BCUT2D eigenvalue weighted by Gasteiger charge is 2.28. The van der Waals surface area contributed by atoms with Gasteiger partial charge in [0.1, 0.15) is 29.6 Å². The first kappa shape index (κ1) is 20.7. The van der Waals surface area contributed by atoms with Crippen LogP contribution in [0.3, 0.4) is 0 Å². The quantitative estimate of drug-likeness (QED) is 0.376. The Labute approximate surface area is 191 Å². The molecular formula is C27H23NO5. The summed E-state index contributed by atoms with van der Waals surface area (Å²) in [6, 6.07) is 18.8. The molecule has 5 rings (SSSR count). The lowest BCUT2D eigenvalue weighted by Gasteiger charge is -2.10. The molecule has 6 heteroatoms. The maximum absolute atomic E-state index is 13.0. The fraction of sp³-hybridized carbons (Fsp3) is 0.148. The molecule has 0 fully saturated rings. The van der Waals surface area contributed by atoms with Crippen LogP contribution in [-0.2, 0) is 13.7 Å². The summed E-state index contributed by atoms with van der Waals surface area (Å²) < 4.78 is 24.6. The first-order valence-electron chi connectivity index (χ1n) is 10.5. The van der Waals surface area contributed by atoms with Crippen molar-refractivity contribution in [3.63, 3.8) is 0 Å². The second-order valence-electron chi connectivity index (χ2n) is 7.78. The molecule has 1 aromatic heterocycles. The number of carbonyl (C=O) groups excluding carboxylic acids is 1. The largest absolute Gasteiger partial charge is 0.497 e. The van der Waals surface area contributed by atoms with E-state index in [1.807, 2.05) is 60.3 Å². The van der Waals surface area contributed by atoms with E-state index in [2.05, 4.69) is 0 Å². The van der Waals surface area contributed by atoms with Gasteiger partial charge in [-0.25, -0.2) is 0 Å². The standard InChI is InChI=1S/C27H23NO5/c1-28-15-18(22-13-19(30-2)9-11-23(22)28)12-26-27(29)21-10-8-20(14-25(21)33-26)32-16-17-6-4-5-7-24(17)31-3/h4-15H,16H2,1-3H3/b26-12+. The number of fused-ring (bicyclic) bond motifs is 2. The number of hydrogen-bond acceptors (Lipinski definition) is 5. The van der Waals surface area contributed by atoms with Gasteiger partial charge in [-0.1, -0.05) is 18.2 Å². The number of methoxy groups -OCH3 is 2. The van der Waals surface area contributed by atoms with E-state index in [1.54, 1.807) is 38.5 Å². The maximum Gasteiger partial charge on any atom is 0.231 e. The highest BCUT2D eigenvalue weighted by molar-refractivity contribution is 6.15. The summed E-state index contributed by atoms with van der Waals surface area (Å²) in [5.41, 5.74) is 3.38. The zero-order valence-corrected chi connectivity index (χ0v) is 18.6. The molecule has 166 valence electrons. The fourth-order valence-corrected chi connectivity index (χ4v) is 4.03. The average Bonchev–Trinajstić information content (AvgIpc) is 3.33. The number of ether oxygens (including phenoxy) is 4. The minimum Gasteiger partial charge on any atom is -0.497 e. The highest BCUT2D eigenvalue weighted by Crippen LogP contribution is 2.36. The molecule has 0 radical (unpaired) electrons. The van der Waals surface area contributed by atoms with Gasteiger partial charge in [0, 0.05) is 41.3 Å². The van der Waals surface area contributed by atoms with Gasteiger partial charge >= 0.3 is 0 Å². The molecule has 1 aliphatic rings. The Balaban J connectivity index is 1.40. The van der Waals surface area contributed by atoms with E-state index in [0.29, 0.717) is 23.7 Å². The van der Waals surface area contributed by atoms with Gasteiger partial charge in [-0.3, -0.25) is 4.79 Å². The van der Waals surface area contributed by atoms with Gasteiger partial charge in [-0.2, -0.15) is 0 Å². The van der Waals surface area contributed by atoms with Gasteiger partial charge < -0.3 is 23.5 Å². The molecule has 1 aliphatic heterocycles. The second-order valence-corrected chi connectivity index (χ2v) is 7.78. The van der Waals surface area contributed by atoms with Crippen molar-refractivity contribution < 1.29 is 23.7 Å². The van der Waals surface area contributed by atoms with Crippen LogP contribution in [0.25, 0.3) is 17.0 Å². The van der Waals surface area contributed by atoms with E-state index in [1.165, 1.54) is 0 Å². The number of aryl methyl sites for hydroxylation is 1. The van der Waals surface area contributed by atoms with Crippen molar-refractivity contribution in [1.82, 2.24) is 4.57 Å². The van der Waals surface area contributed by atoms with Crippen LogP contribution < -0.4 is 18.9 Å². The Hall–Kier alpha value is -4.19. The number of aromatic nitrogens is 1. The minimum atomic E-state index is -0.152. The summed E-state index contributed by atoms with van der Waals surface area (Å²) in [6.45, 7) is 0.345. The van der Waals surface area contributed by atoms with Crippen LogP contribution in [0.2, 0.25) is 0 Å². The number of ketones is 1. The molecule has 0 amide bonds. The molecular weight excluding hydrogens is 418 g/mol. The number of Topliss-reactive ketones (excluding diaryl/α,β-unsaturated/α-hetero) is 1. The molecule has 33 heavy (non-hydrogen) atoms. The van der Waals surface area contributed by atoms with Crippen LogP contribution in [-0.4, -0.2) is 24.6 Å². The Morgan fingerprint density at radius 1 is 0.970 bits per heavy atom. The third kappa shape index (κ3) is 3.80. The predicted octanol–water partition coefficient (Wildman–Crippen LogP) is 5.39. The molecule has 0 N–H and O–H groups in total. The van der Waals surface area contributed by atoms with Crippen LogP contribution in [0.15, 0.2) is 72.6 Å². The first-order valence-corrected chi connectivity index (χ1v) is 10.5. The van der Waals surface area contributed by atoms with Gasteiger partial charge in [-0.05, 0) is 42.5 Å². The third-order valence-electron chi connectivity index (χ3n) is 5.74. The Morgan fingerprint density at radius 2 is 1.79 bits per heavy atom. The van der Waals surface area contributed by atoms with Crippen molar-refractivity contribution in [2.45, 2.75) is 6.61 Å². The number of carbonyl (C=O) groups is 1. The molecule has 3 aromatic carbocycles. The van der Waals surface area contributed by atoms with Gasteiger partial charge in [-0.15, -0.1) is 0 Å². The molecule has 0 spiro atoms.